The first-order valence-corrected chi connectivity index (χ1v) is 3.83. The van der Waals surface area contributed by atoms with Crippen LogP contribution in [0.2, 0.25) is 0 Å². The molecule has 3 aliphatic carbocycles. The van der Waals surface area contributed by atoms with Crippen LogP contribution in [0.25, 0.3) is 0 Å². The summed E-state index contributed by atoms with van der Waals surface area (Å²) in [5.41, 5.74) is 0. The highest BCUT2D eigenvalue weighted by Gasteiger charge is 2.39. The summed E-state index contributed by atoms with van der Waals surface area (Å²) in [6, 6.07) is 0. The molecule has 0 aromatic rings. The van der Waals surface area contributed by atoms with Crippen molar-refractivity contribution in [1.29, 1.82) is 0 Å². The molecule has 1 unspecified atom stereocenters. The molecule has 0 amide bonds. The Morgan fingerprint density at radius 1 is 0.900 bits per heavy atom. The summed E-state index contributed by atoms with van der Waals surface area (Å²) in [5.74, 6) is 0.877. The van der Waals surface area contributed by atoms with Gasteiger partial charge in [-0.15, -0.1) is 0 Å². The number of ketones is 2. The van der Waals surface area contributed by atoms with Crippen molar-refractivity contribution in [1.82, 2.24) is 0 Å². The summed E-state index contributed by atoms with van der Waals surface area (Å²) in [6.45, 7) is 0. The lowest BCUT2D eigenvalue weighted by molar-refractivity contribution is -0.140. The van der Waals surface area contributed by atoms with Gasteiger partial charge in [0.15, 0.2) is 0 Å². The molecule has 3 saturated carbocycles. The minimum absolute atomic E-state index is 0.109. The van der Waals surface area contributed by atoms with Gasteiger partial charge in [0.2, 0.25) is 0 Å². The van der Waals surface area contributed by atoms with E-state index >= 15 is 0 Å². The highest BCUT2D eigenvalue weighted by atomic mass is 16.1. The van der Waals surface area contributed by atoms with E-state index in [1.807, 2.05) is 0 Å². The third-order valence-electron chi connectivity index (χ3n) is 2.67. The van der Waals surface area contributed by atoms with E-state index in [4.69, 9.17) is 0 Å². The molecule has 2 atom stereocenters. The normalized spacial score (nSPS) is 38.8. The predicted molar refractivity (Wildman–Crippen MR) is 35.5 cm³/mol. The molecule has 0 aliphatic heterocycles. The molecule has 0 aromatic heterocycles. The lowest BCUT2D eigenvalue weighted by Gasteiger charge is -2.32. The van der Waals surface area contributed by atoms with Crippen molar-refractivity contribution in [2.75, 3.05) is 0 Å². The number of hydrogen-bond donors (Lipinski definition) is 0. The lowest BCUT2D eigenvalue weighted by atomic mass is 9.69. The number of carbonyl (C=O) groups is 2. The number of Topliss-reactive ketones (excluding diaryl/α,β-unsaturated/α-hetero) is 2. The number of rotatable bonds is 0. The van der Waals surface area contributed by atoms with E-state index in [1.54, 1.807) is 0 Å². The summed E-state index contributed by atoms with van der Waals surface area (Å²) >= 11 is 0. The van der Waals surface area contributed by atoms with Gasteiger partial charge in [0, 0.05) is 24.7 Å². The van der Waals surface area contributed by atoms with Crippen molar-refractivity contribution in [2.45, 2.75) is 25.7 Å². The predicted octanol–water partition coefficient (Wildman–Crippen LogP) is 0.945. The molecule has 0 spiro atoms. The molecule has 2 heteroatoms. The van der Waals surface area contributed by atoms with Gasteiger partial charge in [0.1, 0.15) is 11.6 Å². The third kappa shape index (κ3) is 0.713. The molecule has 0 radical (unpaired) electrons. The van der Waals surface area contributed by atoms with E-state index < -0.39 is 0 Å². The van der Waals surface area contributed by atoms with Crippen LogP contribution in [-0.2, 0) is 9.59 Å². The quantitative estimate of drug-likeness (QED) is 0.499. The summed E-state index contributed by atoms with van der Waals surface area (Å²) < 4.78 is 0. The van der Waals surface area contributed by atoms with Gasteiger partial charge in [-0.3, -0.25) is 9.59 Å². The first-order valence-electron chi connectivity index (χ1n) is 3.83. The van der Waals surface area contributed by atoms with E-state index in [0.29, 0.717) is 24.4 Å². The summed E-state index contributed by atoms with van der Waals surface area (Å²) in [4.78, 5) is 22.1. The second kappa shape index (κ2) is 1.91. The molecule has 54 valence electrons. The SMILES string of the molecule is O=C1C[C@@H]2CCC1CC2=O. The second-order valence-corrected chi connectivity index (χ2v) is 3.31. The first-order chi connectivity index (χ1) is 4.77. The summed E-state index contributed by atoms with van der Waals surface area (Å²) in [7, 11) is 0. The largest absolute Gasteiger partial charge is 0.299 e. The van der Waals surface area contributed by atoms with Crippen LogP contribution in [0.5, 0.6) is 0 Å². The smallest absolute Gasteiger partial charge is 0.137 e. The maximum atomic E-state index is 11.0. The Bertz CT molecular complexity index is 173. The van der Waals surface area contributed by atoms with Crippen LogP contribution in [-0.4, -0.2) is 11.6 Å². The first kappa shape index (κ1) is 6.08. The van der Waals surface area contributed by atoms with Crippen molar-refractivity contribution in [3.8, 4) is 0 Å². The Morgan fingerprint density at radius 3 is 1.50 bits per heavy atom. The van der Waals surface area contributed by atoms with E-state index in [-0.39, 0.29) is 11.8 Å². The Hall–Kier alpha value is -0.660. The fraction of sp³-hybridized carbons (Fsp3) is 0.750. The topological polar surface area (TPSA) is 34.1 Å². The van der Waals surface area contributed by atoms with Crippen LogP contribution in [0, 0.1) is 11.8 Å². The van der Waals surface area contributed by atoms with Crippen molar-refractivity contribution in [3.63, 3.8) is 0 Å². The summed E-state index contributed by atoms with van der Waals surface area (Å²) in [6.07, 6.45) is 3.03. The van der Waals surface area contributed by atoms with Crippen LogP contribution < -0.4 is 0 Å². The monoisotopic (exact) mass is 138 g/mol. The Labute approximate surface area is 59.6 Å². The van der Waals surface area contributed by atoms with Gasteiger partial charge in [0.05, 0.1) is 0 Å². The minimum atomic E-state index is 0.109. The maximum Gasteiger partial charge on any atom is 0.137 e. The van der Waals surface area contributed by atoms with E-state index in [1.165, 1.54) is 0 Å². The molecule has 0 heterocycles. The maximum absolute atomic E-state index is 11.0. The van der Waals surface area contributed by atoms with Crippen LogP contribution in [0.15, 0.2) is 0 Å². The van der Waals surface area contributed by atoms with Crippen molar-refractivity contribution in [2.24, 2.45) is 11.8 Å². The fourth-order valence-corrected chi connectivity index (χ4v) is 1.98. The van der Waals surface area contributed by atoms with Gasteiger partial charge in [-0.2, -0.15) is 0 Å². The Balaban J connectivity index is 2.23. The highest BCUT2D eigenvalue weighted by Crippen LogP contribution is 2.36. The average Bonchev–Trinajstić information content (AvgIpc) is 1.91. The molecule has 2 nitrogen and oxygen atoms in total. The lowest BCUT2D eigenvalue weighted by Crippen LogP contribution is -2.37. The van der Waals surface area contributed by atoms with Crippen LogP contribution in [0.3, 0.4) is 0 Å². The van der Waals surface area contributed by atoms with Gasteiger partial charge in [-0.1, -0.05) is 0 Å². The zero-order chi connectivity index (χ0) is 7.14. The van der Waals surface area contributed by atoms with Crippen LogP contribution in [0.1, 0.15) is 25.7 Å². The van der Waals surface area contributed by atoms with Crippen molar-refractivity contribution < 1.29 is 9.59 Å². The Morgan fingerprint density at radius 2 is 1.30 bits per heavy atom. The van der Waals surface area contributed by atoms with Gasteiger partial charge in [0.25, 0.3) is 0 Å². The molecule has 0 N–H and O–H groups in total. The van der Waals surface area contributed by atoms with E-state index in [0.717, 1.165) is 12.8 Å². The zero-order valence-corrected chi connectivity index (χ0v) is 5.80. The minimum Gasteiger partial charge on any atom is -0.299 e. The molecule has 3 aliphatic rings. The fourth-order valence-electron chi connectivity index (χ4n) is 1.98. The van der Waals surface area contributed by atoms with E-state index in [9.17, 15) is 9.59 Å². The molecular weight excluding hydrogens is 128 g/mol. The van der Waals surface area contributed by atoms with Crippen LogP contribution >= 0.6 is 0 Å². The molecule has 0 aromatic carbocycles. The van der Waals surface area contributed by atoms with Gasteiger partial charge < -0.3 is 0 Å². The highest BCUT2D eigenvalue weighted by molar-refractivity contribution is 5.97. The van der Waals surface area contributed by atoms with Crippen LogP contribution in [0.4, 0.5) is 0 Å². The molecule has 3 fully saturated rings. The van der Waals surface area contributed by atoms with E-state index in [2.05, 4.69) is 0 Å². The molecule has 2 bridgehead atoms. The second-order valence-electron chi connectivity index (χ2n) is 3.31. The molecule has 10 heavy (non-hydrogen) atoms. The van der Waals surface area contributed by atoms with Crippen molar-refractivity contribution >= 4 is 11.6 Å². The Kier molecular flexibility index (Phi) is 1.16. The zero-order valence-electron chi connectivity index (χ0n) is 5.80. The number of hydrogen-bond acceptors (Lipinski definition) is 2. The van der Waals surface area contributed by atoms with Crippen molar-refractivity contribution in [3.05, 3.63) is 0 Å². The molecule has 0 saturated heterocycles. The van der Waals surface area contributed by atoms with Gasteiger partial charge in [-0.25, -0.2) is 0 Å². The third-order valence-corrected chi connectivity index (χ3v) is 2.67. The summed E-state index contributed by atoms with van der Waals surface area (Å²) in [5, 5.41) is 0. The standard InChI is InChI=1S/C8H10O2/c9-7-4-6-2-1-5(7)3-8(6)10/h5-6H,1-4H2/t5-,6?/m0/s1. The number of fused-ring (bicyclic) bond motifs is 3. The van der Waals surface area contributed by atoms with Gasteiger partial charge in [-0.05, 0) is 12.8 Å². The average molecular weight is 138 g/mol. The molecular formula is C8H10O2. The number of carbonyl (C=O) groups excluding carboxylic acids is 2. The van der Waals surface area contributed by atoms with Gasteiger partial charge >= 0.3 is 0 Å². The molecule has 3 rings (SSSR count).